The number of fused-ring (bicyclic) bond motifs is 8. The molecule has 0 amide bonds. The van der Waals surface area contributed by atoms with Crippen LogP contribution >= 0.6 is 0 Å². The van der Waals surface area contributed by atoms with E-state index in [4.69, 9.17) is 15.6 Å². The van der Waals surface area contributed by atoms with E-state index in [0.717, 1.165) is 81.9 Å². The molecule has 256 valence electrons. The number of hydrogen-bond donors (Lipinski definition) is 2. The number of rotatable bonds is 5. The van der Waals surface area contributed by atoms with Crippen LogP contribution in [0.1, 0.15) is 136 Å². The predicted molar refractivity (Wildman–Crippen MR) is 185 cm³/mol. The van der Waals surface area contributed by atoms with Crippen molar-refractivity contribution in [3.63, 3.8) is 0 Å². The largest absolute Gasteiger partial charge is 0.465 e. The summed E-state index contributed by atoms with van der Waals surface area (Å²) in [6.45, 7) is 19.7. The molecule has 5 aliphatic rings. The minimum Gasteiger partial charge on any atom is -0.465 e. The number of pyridine rings is 1. The number of anilines is 1. The molecular weight excluding hydrogens is 587 g/mol. The Kier molecular flexibility index (Phi) is 7.44. The molecular formula is C40H57FN4O2. The van der Waals surface area contributed by atoms with Gasteiger partial charge >= 0.3 is 5.97 Å². The third kappa shape index (κ3) is 4.49. The molecule has 1 unspecified atom stereocenters. The molecule has 3 fully saturated rings. The lowest BCUT2D eigenvalue weighted by molar-refractivity contribution is -0.180. The monoisotopic (exact) mass is 644 g/mol. The number of aromatic nitrogens is 3. The maximum absolute atomic E-state index is 15.1. The summed E-state index contributed by atoms with van der Waals surface area (Å²) in [5.41, 5.74) is 11.8. The molecule has 2 aromatic heterocycles. The first-order chi connectivity index (χ1) is 22.0. The van der Waals surface area contributed by atoms with Crippen LogP contribution in [0.4, 0.5) is 10.2 Å². The minimum atomic E-state index is -0.536. The number of carbonyl (C=O) groups is 1. The first-order valence-electron chi connectivity index (χ1n) is 18.4. The highest BCUT2D eigenvalue weighted by Crippen LogP contribution is 2.77. The van der Waals surface area contributed by atoms with Gasteiger partial charge in [0, 0.05) is 23.2 Å². The molecule has 0 saturated heterocycles. The SMILES string of the molecule is CCCCOC(=O)[C@]12CCC(C)(C)C[C@H]1C1=C(c3ccnc(F)c3)CC3[C@@]4(C)Cc5c(n[nH]c5N)C(C)(C)[C@@H]4CC[C@@]3(C)[C@]1(C)CC2. The van der Waals surface area contributed by atoms with E-state index in [0.29, 0.717) is 24.3 Å². The third-order valence-corrected chi connectivity index (χ3v) is 15.1. The van der Waals surface area contributed by atoms with E-state index in [1.807, 2.05) is 6.07 Å². The van der Waals surface area contributed by atoms with Crippen molar-refractivity contribution in [1.82, 2.24) is 15.2 Å². The van der Waals surface area contributed by atoms with Gasteiger partial charge < -0.3 is 10.5 Å². The summed E-state index contributed by atoms with van der Waals surface area (Å²) in [7, 11) is 0. The molecule has 0 aromatic carbocycles. The van der Waals surface area contributed by atoms with Crippen LogP contribution in [0.2, 0.25) is 0 Å². The van der Waals surface area contributed by atoms with E-state index in [1.54, 1.807) is 12.3 Å². The van der Waals surface area contributed by atoms with E-state index in [1.165, 1.54) is 16.7 Å². The Morgan fingerprint density at radius 3 is 2.53 bits per heavy atom. The molecule has 2 aromatic rings. The van der Waals surface area contributed by atoms with Crippen molar-refractivity contribution in [2.75, 3.05) is 12.3 Å². The normalized spacial score (nSPS) is 38.4. The van der Waals surface area contributed by atoms with Crippen LogP contribution in [0.3, 0.4) is 0 Å². The number of nitrogens with two attached hydrogens (primary N) is 1. The van der Waals surface area contributed by atoms with Gasteiger partial charge in [-0.1, -0.05) is 67.4 Å². The standard InChI is InChI=1S/C40H57FN4O2/c1-9-10-19-47-34(46)40-16-14-35(2,3)23-27(40)31-25(24-12-18-43-30(41)20-24)21-29-37(6)22-26-32(44-45-33(26)42)36(4,5)28(37)11-13-38(29,7)39(31,8)15-17-40/h12,18,20,27-29H,9-11,13-17,19,21-23H2,1-8H3,(H3,42,44,45)/t27-,28-,29?,37-,38+,39+,40-/m0/s1. The van der Waals surface area contributed by atoms with Crippen LogP contribution in [0.25, 0.3) is 5.57 Å². The molecule has 7 heteroatoms. The van der Waals surface area contributed by atoms with Gasteiger partial charge in [-0.25, -0.2) is 4.98 Å². The van der Waals surface area contributed by atoms with Crippen molar-refractivity contribution in [3.8, 4) is 0 Å². The summed E-state index contributed by atoms with van der Waals surface area (Å²) in [5, 5.41) is 7.90. The van der Waals surface area contributed by atoms with Gasteiger partial charge in [0.1, 0.15) is 5.82 Å². The van der Waals surface area contributed by atoms with Crippen LogP contribution in [0.5, 0.6) is 0 Å². The van der Waals surface area contributed by atoms with Crippen molar-refractivity contribution in [2.45, 2.75) is 131 Å². The van der Waals surface area contributed by atoms with Gasteiger partial charge in [-0.3, -0.25) is 9.89 Å². The molecule has 0 radical (unpaired) electrons. The molecule has 2 heterocycles. The van der Waals surface area contributed by atoms with E-state index < -0.39 is 11.4 Å². The second-order valence-electron chi connectivity index (χ2n) is 18.3. The van der Waals surface area contributed by atoms with Gasteiger partial charge in [-0.05, 0) is 121 Å². The zero-order chi connectivity index (χ0) is 33.8. The molecule has 47 heavy (non-hydrogen) atoms. The number of esters is 1. The number of nitrogen functional groups attached to an aromatic ring is 1. The van der Waals surface area contributed by atoms with Crippen LogP contribution in [-0.2, 0) is 21.4 Å². The summed E-state index contributed by atoms with van der Waals surface area (Å²) in [6, 6.07) is 3.66. The van der Waals surface area contributed by atoms with Gasteiger partial charge in [-0.2, -0.15) is 9.49 Å². The number of nitrogens with zero attached hydrogens (tertiary/aromatic N) is 2. The van der Waals surface area contributed by atoms with Gasteiger partial charge in [0.2, 0.25) is 5.95 Å². The van der Waals surface area contributed by atoms with Crippen LogP contribution in [0.15, 0.2) is 23.9 Å². The Morgan fingerprint density at radius 1 is 1.06 bits per heavy atom. The summed E-state index contributed by atoms with van der Waals surface area (Å²) in [4.78, 5) is 18.4. The second-order valence-corrected chi connectivity index (χ2v) is 18.3. The highest BCUT2D eigenvalue weighted by molar-refractivity contribution is 5.81. The quantitative estimate of drug-likeness (QED) is 0.192. The molecule has 5 aliphatic carbocycles. The Balaban J connectivity index is 1.45. The Hall–Kier alpha value is -2.70. The zero-order valence-electron chi connectivity index (χ0n) is 30.1. The number of aromatic amines is 1. The van der Waals surface area contributed by atoms with E-state index in [2.05, 4.69) is 65.5 Å². The fraction of sp³-hybridized carbons (Fsp3) is 0.725. The molecule has 3 saturated carbocycles. The second kappa shape index (κ2) is 10.6. The van der Waals surface area contributed by atoms with Gasteiger partial charge in [0.25, 0.3) is 0 Å². The number of unbranched alkanes of at least 4 members (excludes halogenated alkanes) is 1. The fourth-order valence-corrected chi connectivity index (χ4v) is 12.5. The van der Waals surface area contributed by atoms with Crippen LogP contribution < -0.4 is 5.73 Å². The van der Waals surface area contributed by atoms with Crippen molar-refractivity contribution in [1.29, 1.82) is 0 Å². The Bertz CT molecular complexity index is 1630. The van der Waals surface area contributed by atoms with Gasteiger partial charge in [-0.15, -0.1) is 0 Å². The number of H-pyrrole nitrogens is 1. The lowest BCUT2D eigenvalue weighted by Crippen LogP contribution is -2.65. The molecule has 0 bridgehead atoms. The Labute approximate surface area is 281 Å². The number of ether oxygens (including phenoxy) is 1. The van der Waals surface area contributed by atoms with E-state index in [9.17, 15) is 4.79 Å². The van der Waals surface area contributed by atoms with Crippen molar-refractivity contribution in [3.05, 3.63) is 46.7 Å². The number of allylic oxidation sites excluding steroid dienone is 2. The fourth-order valence-electron chi connectivity index (χ4n) is 12.5. The Morgan fingerprint density at radius 2 is 1.81 bits per heavy atom. The third-order valence-electron chi connectivity index (χ3n) is 15.1. The van der Waals surface area contributed by atoms with Crippen molar-refractivity contribution in [2.24, 2.45) is 44.8 Å². The summed E-state index contributed by atoms with van der Waals surface area (Å²) < 4.78 is 21.2. The molecule has 7 rings (SSSR count). The van der Waals surface area contributed by atoms with Gasteiger partial charge in [0.05, 0.1) is 17.7 Å². The van der Waals surface area contributed by atoms with Crippen LogP contribution in [0, 0.1) is 50.8 Å². The minimum absolute atomic E-state index is 0.00111. The summed E-state index contributed by atoms with van der Waals surface area (Å²) in [6.07, 6.45) is 12.1. The number of halogens is 1. The zero-order valence-corrected chi connectivity index (χ0v) is 30.1. The summed E-state index contributed by atoms with van der Waals surface area (Å²) in [5.74, 6) is 1.10. The molecule has 0 aliphatic heterocycles. The van der Waals surface area contributed by atoms with Crippen molar-refractivity contribution < 1.29 is 13.9 Å². The number of carbonyl (C=O) groups excluding carboxylic acids is 1. The highest BCUT2D eigenvalue weighted by Gasteiger charge is 2.70. The van der Waals surface area contributed by atoms with Crippen LogP contribution in [-0.4, -0.2) is 27.8 Å². The lowest BCUT2D eigenvalue weighted by Gasteiger charge is -2.71. The molecule has 6 nitrogen and oxygen atoms in total. The average molecular weight is 645 g/mol. The smallest absolute Gasteiger partial charge is 0.312 e. The molecule has 7 atom stereocenters. The van der Waals surface area contributed by atoms with Gasteiger partial charge in [0.15, 0.2) is 0 Å². The molecule has 0 spiro atoms. The number of hydrogen-bond acceptors (Lipinski definition) is 5. The molecule has 3 N–H and O–H groups in total. The number of nitrogens with one attached hydrogen (secondary N) is 1. The maximum atomic E-state index is 15.1. The van der Waals surface area contributed by atoms with Crippen molar-refractivity contribution >= 4 is 17.4 Å². The summed E-state index contributed by atoms with van der Waals surface area (Å²) >= 11 is 0. The maximum Gasteiger partial charge on any atom is 0.312 e. The lowest BCUT2D eigenvalue weighted by atomic mass is 9.33. The topological polar surface area (TPSA) is 93.9 Å². The first kappa shape index (κ1) is 32.8. The first-order valence-corrected chi connectivity index (χ1v) is 18.4. The highest BCUT2D eigenvalue weighted by atomic mass is 19.1. The predicted octanol–water partition coefficient (Wildman–Crippen LogP) is 9.21. The van der Waals surface area contributed by atoms with E-state index >= 15 is 4.39 Å². The van der Waals surface area contributed by atoms with E-state index in [-0.39, 0.29) is 39.0 Å². The average Bonchev–Trinajstić information content (AvgIpc) is 3.37.